The van der Waals surface area contributed by atoms with Gasteiger partial charge in [-0.3, -0.25) is 9.59 Å². The van der Waals surface area contributed by atoms with Gasteiger partial charge in [0.2, 0.25) is 0 Å². The first-order chi connectivity index (χ1) is 15.2. The van der Waals surface area contributed by atoms with Crippen molar-refractivity contribution in [3.8, 4) is 0 Å². The molecule has 172 valence electrons. The highest BCUT2D eigenvalue weighted by molar-refractivity contribution is 5.96. The molecular formula is C25H33N3O4. The van der Waals surface area contributed by atoms with E-state index in [1.54, 1.807) is 24.3 Å². The summed E-state index contributed by atoms with van der Waals surface area (Å²) in [5, 5.41) is 2.89. The quantitative estimate of drug-likeness (QED) is 0.695. The third kappa shape index (κ3) is 5.99. The van der Waals surface area contributed by atoms with E-state index in [-0.39, 0.29) is 30.0 Å². The number of rotatable bonds is 6. The van der Waals surface area contributed by atoms with E-state index in [1.807, 2.05) is 55.6 Å². The molecule has 1 N–H and O–H groups in total. The first-order valence-corrected chi connectivity index (χ1v) is 11.2. The zero-order valence-corrected chi connectivity index (χ0v) is 19.4. The fourth-order valence-electron chi connectivity index (χ4n) is 3.94. The van der Waals surface area contributed by atoms with Gasteiger partial charge in [0.25, 0.3) is 11.8 Å². The number of nitrogens with one attached hydrogen (secondary N) is 1. The van der Waals surface area contributed by atoms with Crippen LogP contribution in [-0.4, -0.2) is 52.0 Å². The zero-order valence-electron chi connectivity index (χ0n) is 19.4. The largest absolute Gasteiger partial charge is 0.462 e. The summed E-state index contributed by atoms with van der Waals surface area (Å²) in [6.45, 7) is 6.71. The molecule has 0 bridgehead atoms. The van der Waals surface area contributed by atoms with Crippen molar-refractivity contribution in [2.24, 2.45) is 7.05 Å². The molecule has 1 aliphatic rings. The number of carbonyl (C=O) groups excluding carboxylic acids is 3. The van der Waals surface area contributed by atoms with Gasteiger partial charge in [0.1, 0.15) is 5.69 Å². The van der Waals surface area contributed by atoms with Gasteiger partial charge in [-0.25, -0.2) is 4.79 Å². The van der Waals surface area contributed by atoms with E-state index in [2.05, 4.69) is 5.32 Å². The van der Waals surface area contributed by atoms with E-state index in [0.29, 0.717) is 23.2 Å². The summed E-state index contributed by atoms with van der Waals surface area (Å²) in [7, 11) is 1.87. The van der Waals surface area contributed by atoms with Crippen LogP contribution in [-0.2, 0) is 11.8 Å². The lowest BCUT2D eigenvalue weighted by molar-refractivity contribution is 0.0406. The van der Waals surface area contributed by atoms with Crippen LogP contribution in [0, 0.1) is 0 Å². The average molecular weight is 440 g/mol. The second kappa shape index (κ2) is 10.0. The molecule has 2 amide bonds. The number of ether oxygens (including phenoxy) is 1. The van der Waals surface area contributed by atoms with Gasteiger partial charge in [-0.2, -0.15) is 0 Å². The molecule has 7 nitrogen and oxygen atoms in total. The topological polar surface area (TPSA) is 80.6 Å². The van der Waals surface area contributed by atoms with Gasteiger partial charge < -0.3 is 19.5 Å². The van der Waals surface area contributed by atoms with E-state index in [9.17, 15) is 14.4 Å². The second-order valence-electron chi connectivity index (χ2n) is 9.36. The Morgan fingerprint density at radius 3 is 2.38 bits per heavy atom. The molecule has 3 rings (SSSR count). The molecule has 0 spiro atoms. The fraction of sp³-hybridized carbons (Fsp3) is 0.480. The maximum Gasteiger partial charge on any atom is 0.338 e. The van der Waals surface area contributed by atoms with E-state index in [4.69, 9.17) is 4.74 Å². The number of benzene rings is 1. The molecule has 1 unspecified atom stereocenters. The lowest BCUT2D eigenvalue weighted by atomic mass is 9.99. The van der Waals surface area contributed by atoms with Crippen molar-refractivity contribution in [1.29, 1.82) is 0 Å². The van der Waals surface area contributed by atoms with Crippen molar-refractivity contribution >= 4 is 17.8 Å². The highest BCUT2D eigenvalue weighted by Gasteiger charge is 2.28. The minimum atomic E-state index is -0.427. The van der Waals surface area contributed by atoms with Crippen LogP contribution in [0.2, 0.25) is 0 Å². The molecule has 1 aliphatic heterocycles. The number of nitrogens with zero attached hydrogens (tertiary/aromatic N) is 2. The molecule has 32 heavy (non-hydrogen) atoms. The van der Waals surface area contributed by atoms with E-state index in [0.717, 1.165) is 25.8 Å². The Labute approximate surface area is 189 Å². The molecule has 0 aliphatic carbocycles. The number of aryl methyl sites for hydroxylation is 1. The van der Waals surface area contributed by atoms with Gasteiger partial charge in [-0.05, 0) is 76.4 Å². The Kier molecular flexibility index (Phi) is 7.38. The first kappa shape index (κ1) is 23.6. The smallest absolute Gasteiger partial charge is 0.338 e. The standard InChI is InChI=1S/C25H33N3O4/c1-25(2,3)26-22(29)18-10-12-19(13-11-18)24(31)32-17-14-20-8-5-6-16-28(20)23(30)21-9-7-15-27(21)4/h7,9-13,15,20H,5-6,8,14,16-17H2,1-4H3,(H,26,29). The van der Waals surface area contributed by atoms with Crippen molar-refractivity contribution in [3.63, 3.8) is 0 Å². The number of esters is 1. The monoisotopic (exact) mass is 439 g/mol. The molecule has 2 aromatic rings. The van der Waals surface area contributed by atoms with Crippen LogP contribution in [0.25, 0.3) is 0 Å². The van der Waals surface area contributed by atoms with Gasteiger partial charge in [-0.15, -0.1) is 0 Å². The molecular weight excluding hydrogens is 406 g/mol. The normalized spacial score (nSPS) is 16.5. The van der Waals surface area contributed by atoms with Gasteiger partial charge in [0, 0.05) is 43.4 Å². The Hall–Kier alpha value is -3.09. The van der Waals surface area contributed by atoms with Crippen LogP contribution in [0.15, 0.2) is 42.6 Å². The Balaban J connectivity index is 1.53. The third-order valence-corrected chi connectivity index (χ3v) is 5.61. The van der Waals surface area contributed by atoms with Crippen LogP contribution in [0.4, 0.5) is 0 Å². The second-order valence-corrected chi connectivity index (χ2v) is 9.36. The molecule has 2 heterocycles. The molecule has 0 saturated carbocycles. The summed E-state index contributed by atoms with van der Waals surface area (Å²) in [6.07, 6.45) is 5.43. The minimum Gasteiger partial charge on any atom is -0.462 e. The lowest BCUT2D eigenvalue weighted by Gasteiger charge is -2.35. The van der Waals surface area contributed by atoms with Crippen LogP contribution >= 0.6 is 0 Å². The predicted octanol–water partition coefficient (Wildman–Crippen LogP) is 3.80. The summed E-state index contributed by atoms with van der Waals surface area (Å²) >= 11 is 0. The lowest BCUT2D eigenvalue weighted by Crippen LogP contribution is -2.44. The molecule has 1 atom stereocenters. The van der Waals surface area contributed by atoms with Crippen LogP contribution in [0.3, 0.4) is 0 Å². The Morgan fingerprint density at radius 2 is 1.75 bits per heavy atom. The number of piperidine rings is 1. The molecule has 1 aromatic heterocycles. The van der Waals surface area contributed by atoms with Gasteiger partial charge in [0.15, 0.2) is 0 Å². The fourth-order valence-corrected chi connectivity index (χ4v) is 3.94. The molecule has 1 aromatic carbocycles. The number of hydrogen-bond acceptors (Lipinski definition) is 4. The molecule has 7 heteroatoms. The average Bonchev–Trinajstić information content (AvgIpc) is 3.18. The number of likely N-dealkylation sites (tertiary alicyclic amines) is 1. The van der Waals surface area contributed by atoms with E-state index >= 15 is 0 Å². The summed E-state index contributed by atoms with van der Waals surface area (Å²) in [5.74, 6) is -0.584. The first-order valence-electron chi connectivity index (χ1n) is 11.2. The number of aromatic nitrogens is 1. The summed E-state index contributed by atoms with van der Waals surface area (Å²) < 4.78 is 7.30. The minimum absolute atomic E-state index is 0.0256. The predicted molar refractivity (Wildman–Crippen MR) is 123 cm³/mol. The Morgan fingerprint density at radius 1 is 1.06 bits per heavy atom. The highest BCUT2D eigenvalue weighted by atomic mass is 16.5. The zero-order chi connectivity index (χ0) is 23.3. The van der Waals surface area contributed by atoms with Crippen molar-refractivity contribution in [2.45, 2.75) is 58.0 Å². The molecule has 1 fully saturated rings. The van der Waals surface area contributed by atoms with Crippen molar-refractivity contribution < 1.29 is 19.1 Å². The maximum atomic E-state index is 12.9. The molecule has 1 saturated heterocycles. The number of hydrogen-bond donors (Lipinski definition) is 1. The van der Waals surface area contributed by atoms with Gasteiger partial charge in [-0.1, -0.05) is 0 Å². The van der Waals surface area contributed by atoms with Crippen LogP contribution < -0.4 is 5.32 Å². The summed E-state index contributed by atoms with van der Waals surface area (Å²) in [6, 6.07) is 10.2. The van der Waals surface area contributed by atoms with Crippen molar-refractivity contribution in [3.05, 3.63) is 59.4 Å². The summed E-state index contributed by atoms with van der Waals surface area (Å²) in [5.41, 5.74) is 1.24. The van der Waals surface area contributed by atoms with E-state index < -0.39 is 5.97 Å². The SMILES string of the molecule is Cn1cccc1C(=O)N1CCCCC1CCOC(=O)c1ccc(C(=O)NC(C)(C)C)cc1. The number of carbonyl (C=O) groups is 3. The summed E-state index contributed by atoms with van der Waals surface area (Å²) in [4.78, 5) is 39.5. The molecule has 0 radical (unpaired) electrons. The van der Waals surface area contributed by atoms with Crippen LogP contribution in [0.5, 0.6) is 0 Å². The van der Waals surface area contributed by atoms with Gasteiger partial charge in [0.05, 0.1) is 12.2 Å². The van der Waals surface area contributed by atoms with Crippen molar-refractivity contribution in [2.75, 3.05) is 13.2 Å². The Bertz CT molecular complexity index is 956. The van der Waals surface area contributed by atoms with E-state index in [1.165, 1.54) is 0 Å². The van der Waals surface area contributed by atoms with Crippen LogP contribution in [0.1, 0.15) is 77.7 Å². The number of amides is 2. The third-order valence-electron chi connectivity index (χ3n) is 5.61. The van der Waals surface area contributed by atoms with Crippen molar-refractivity contribution in [1.82, 2.24) is 14.8 Å². The highest BCUT2D eigenvalue weighted by Crippen LogP contribution is 2.22. The maximum absolute atomic E-state index is 12.9. The van der Waals surface area contributed by atoms with Gasteiger partial charge >= 0.3 is 5.97 Å².